The molecule has 0 saturated carbocycles. The molecule has 2 aliphatic carbocycles. The molecule has 2 saturated heterocycles. The minimum Gasteiger partial charge on any atom is -0.462 e. The van der Waals surface area contributed by atoms with Crippen LogP contribution in [0.15, 0.2) is 53.2 Å². The number of nitrogens with zero attached hydrogens (tertiary/aromatic N) is 3. The molecule has 8 heteroatoms. The van der Waals surface area contributed by atoms with Gasteiger partial charge < -0.3 is 23.8 Å². The summed E-state index contributed by atoms with van der Waals surface area (Å²) in [6, 6.07) is 2.16. The van der Waals surface area contributed by atoms with Gasteiger partial charge in [-0.3, -0.25) is 9.59 Å². The molecule has 1 amide bonds. The number of ether oxygens (including phenoxy) is 2. The van der Waals surface area contributed by atoms with Crippen molar-refractivity contribution in [1.82, 2.24) is 14.4 Å². The Morgan fingerprint density at radius 3 is 2.51 bits per heavy atom. The molecule has 1 aromatic rings. The summed E-state index contributed by atoms with van der Waals surface area (Å²) in [5, 5.41) is 0. The number of likely N-dealkylation sites (tertiary alicyclic amines) is 2. The number of likely N-dealkylation sites (N-methyl/N-ethyl adjacent to an activating group) is 1. The van der Waals surface area contributed by atoms with E-state index in [4.69, 9.17) is 4.74 Å². The molecule has 43 heavy (non-hydrogen) atoms. The van der Waals surface area contributed by atoms with Gasteiger partial charge in [-0.25, -0.2) is 4.79 Å². The van der Waals surface area contributed by atoms with Gasteiger partial charge in [0.25, 0.3) is 6.47 Å². The van der Waals surface area contributed by atoms with Crippen molar-refractivity contribution in [2.45, 2.75) is 78.4 Å². The number of fused-ring (bicyclic) bond motifs is 2. The number of hydrogen-bond donors (Lipinski definition) is 0. The van der Waals surface area contributed by atoms with Crippen molar-refractivity contribution in [3.63, 3.8) is 0 Å². The second-order valence-electron chi connectivity index (χ2n) is 13.3. The summed E-state index contributed by atoms with van der Waals surface area (Å²) < 4.78 is 11.9. The number of aromatic nitrogens is 1. The molecule has 2 fully saturated rings. The molecule has 0 aromatic carbocycles. The van der Waals surface area contributed by atoms with E-state index < -0.39 is 0 Å². The van der Waals surface area contributed by atoms with E-state index >= 15 is 0 Å². The van der Waals surface area contributed by atoms with E-state index in [2.05, 4.69) is 63.5 Å². The normalized spacial score (nSPS) is 25.2. The third kappa shape index (κ3) is 7.40. The molecule has 0 N–H and O–H groups in total. The first-order valence-corrected chi connectivity index (χ1v) is 15.6. The Morgan fingerprint density at radius 1 is 1.12 bits per heavy atom. The first kappa shape index (κ1) is 32.5. The van der Waals surface area contributed by atoms with Crippen LogP contribution in [0.5, 0.6) is 0 Å². The number of rotatable bonds is 5. The lowest BCUT2D eigenvalue weighted by Gasteiger charge is -2.43. The Kier molecular flexibility index (Phi) is 10.2. The molecule has 4 unspecified atom stereocenters. The molecule has 4 atom stereocenters. The fourth-order valence-corrected chi connectivity index (χ4v) is 6.56. The largest absolute Gasteiger partial charge is 0.462 e. The van der Waals surface area contributed by atoms with Crippen molar-refractivity contribution in [2.24, 2.45) is 18.9 Å². The van der Waals surface area contributed by atoms with Gasteiger partial charge in [-0.1, -0.05) is 30.4 Å². The molecular weight excluding hydrogens is 542 g/mol. The number of carbonyl (C=O) groups excluding carboxylic acids is 3. The highest BCUT2D eigenvalue weighted by Gasteiger charge is 2.40. The molecule has 0 spiro atoms. The SMILES string of the molecule is CC(C)(C)OC=O.CCOC(=O)c1cc(C2C=C3CCN(C)CC3=CC2C(=O)N2CC3=CC=CCC3CC2C)n(C)c1C. The number of carbonyl (C=O) groups is 3. The summed E-state index contributed by atoms with van der Waals surface area (Å²) >= 11 is 0. The zero-order chi connectivity index (χ0) is 31.5. The Morgan fingerprint density at radius 2 is 1.86 bits per heavy atom. The minimum absolute atomic E-state index is 0.114. The molecule has 234 valence electrons. The van der Waals surface area contributed by atoms with Crippen molar-refractivity contribution in [3.8, 4) is 0 Å². The molecule has 3 heterocycles. The third-order valence-electron chi connectivity index (χ3n) is 9.05. The van der Waals surface area contributed by atoms with Gasteiger partial charge in [0.1, 0.15) is 5.60 Å². The third-order valence-corrected chi connectivity index (χ3v) is 9.05. The smallest absolute Gasteiger partial charge is 0.339 e. The van der Waals surface area contributed by atoms with Gasteiger partial charge in [0, 0.05) is 50.0 Å². The van der Waals surface area contributed by atoms with Crippen molar-refractivity contribution in [2.75, 3.05) is 33.3 Å². The summed E-state index contributed by atoms with van der Waals surface area (Å²) in [5.74, 6) is 0.0325. The van der Waals surface area contributed by atoms with Gasteiger partial charge >= 0.3 is 5.97 Å². The van der Waals surface area contributed by atoms with Crippen molar-refractivity contribution >= 4 is 18.3 Å². The fourth-order valence-electron chi connectivity index (χ4n) is 6.56. The molecule has 1 aromatic heterocycles. The highest BCUT2D eigenvalue weighted by molar-refractivity contribution is 5.91. The first-order chi connectivity index (χ1) is 20.3. The zero-order valence-corrected chi connectivity index (χ0v) is 27.2. The Hall–Kier alpha value is -3.39. The van der Waals surface area contributed by atoms with E-state index in [-0.39, 0.29) is 35.4 Å². The van der Waals surface area contributed by atoms with E-state index in [0.717, 1.165) is 43.7 Å². The van der Waals surface area contributed by atoms with Crippen LogP contribution in [0.4, 0.5) is 0 Å². The van der Waals surface area contributed by atoms with Crippen LogP contribution in [0.1, 0.15) is 81.5 Å². The lowest BCUT2D eigenvalue weighted by Crippen LogP contribution is -2.49. The summed E-state index contributed by atoms with van der Waals surface area (Å²) in [5.41, 5.74) is 6.13. The highest BCUT2D eigenvalue weighted by atomic mass is 16.5. The van der Waals surface area contributed by atoms with Crippen molar-refractivity contribution in [1.29, 1.82) is 0 Å². The quantitative estimate of drug-likeness (QED) is 0.333. The molecule has 2 aliphatic heterocycles. The van der Waals surface area contributed by atoms with Gasteiger partial charge in [-0.2, -0.15) is 0 Å². The van der Waals surface area contributed by atoms with Crippen LogP contribution in [0.3, 0.4) is 0 Å². The van der Waals surface area contributed by atoms with E-state index in [1.807, 2.05) is 47.7 Å². The number of amides is 1. The maximum atomic E-state index is 14.3. The predicted octanol–water partition coefficient (Wildman–Crippen LogP) is 5.49. The van der Waals surface area contributed by atoms with Crippen molar-refractivity contribution < 1.29 is 23.9 Å². The van der Waals surface area contributed by atoms with Crippen molar-refractivity contribution in [3.05, 3.63) is 70.1 Å². The predicted molar refractivity (Wildman–Crippen MR) is 169 cm³/mol. The summed E-state index contributed by atoms with van der Waals surface area (Å²) in [6.07, 6.45) is 14.2. The summed E-state index contributed by atoms with van der Waals surface area (Å²) in [7, 11) is 4.14. The fraction of sp³-hybridized carbons (Fsp3) is 0.571. The second kappa shape index (κ2) is 13.5. The van der Waals surface area contributed by atoms with E-state index in [1.165, 1.54) is 16.7 Å². The molecule has 5 rings (SSSR count). The van der Waals surface area contributed by atoms with Gasteiger partial charge in [-0.05, 0) is 96.6 Å². The van der Waals surface area contributed by atoms with Crippen LogP contribution in [0.25, 0.3) is 0 Å². The standard InChI is InChI=1S/C30H39N3O3.C5H10O2/c1-6-36-30(35)25-16-28(32(5)20(25)3)26-14-22-11-12-31(4)17-24(22)15-27(26)29(34)33-18-23-10-8-7-9-21(23)13-19(33)2;1-5(2,3)7-4-6/h7-8,10,14-16,19,21,26-27H,6,9,11-13,17-18H2,1-5H3;4H,1-3H3. The van der Waals surface area contributed by atoms with E-state index in [1.54, 1.807) is 0 Å². The summed E-state index contributed by atoms with van der Waals surface area (Å²) in [4.78, 5) is 41.0. The lowest BCUT2D eigenvalue weighted by molar-refractivity contribution is -0.139. The topological polar surface area (TPSA) is 81.1 Å². The number of esters is 1. The average molecular weight is 592 g/mol. The molecular formula is C35H49N3O5. The van der Waals surface area contributed by atoms with Crippen LogP contribution in [-0.4, -0.2) is 77.6 Å². The van der Waals surface area contributed by atoms with E-state index in [9.17, 15) is 14.4 Å². The van der Waals surface area contributed by atoms with Crippen LogP contribution in [0.2, 0.25) is 0 Å². The van der Waals surface area contributed by atoms with Gasteiger partial charge in [0.05, 0.1) is 18.1 Å². The Labute approximate surface area is 257 Å². The number of hydrogen-bond acceptors (Lipinski definition) is 6. The lowest BCUT2D eigenvalue weighted by atomic mass is 9.76. The maximum absolute atomic E-state index is 14.3. The van der Waals surface area contributed by atoms with Gasteiger partial charge in [0.2, 0.25) is 5.91 Å². The number of allylic oxidation sites excluding steroid dienone is 4. The summed E-state index contributed by atoms with van der Waals surface area (Å²) in [6.45, 7) is 14.8. The van der Waals surface area contributed by atoms with Crippen LogP contribution in [-0.2, 0) is 26.1 Å². The van der Waals surface area contributed by atoms with Crippen LogP contribution >= 0.6 is 0 Å². The van der Waals surface area contributed by atoms with Gasteiger partial charge in [-0.15, -0.1) is 0 Å². The minimum atomic E-state index is -0.318. The molecule has 8 nitrogen and oxygen atoms in total. The molecule has 4 aliphatic rings. The van der Waals surface area contributed by atoms with E-state index in [0.29, 0.717) is 31.1 Å². The molecule has 0 radical (unpaired) electrons. The van der Waals surface area contributed by atoms with Crippen LogP contribution < -0.4 is 0 Å². The monoisotopic (exact) mass is 591 g/mol. The Balaban J connectivity index is 0.000000541. The average Bonchev–Trinajstić information content (AvgIpc) is 3.25. The second-order valence-corrected chi connectivity index (χ2v) is 13.3. The maximum Gasteiger partial charge on any atom is 0.339 e. The van der Waals surface area contributed by atoms with Gasteiger partial charge in [0.15, 0.2) is 0 Å². The highest BCUT2D eigenvalue weighted by Crippen LogP contribution is 2.42. The first-order valence-electron chi connectivity index (χ1n) is 15.6. The number of piperidine rings is 2. The molecule has 0 bridgehead atoms. The van der Waals surface area contributed by atoms with Crippen LogP contribution in [0, 0.1) is 18.8 Å². The zero-order valence-electron chi connectivity index (χ0n) is 27.2. The Bertz CT molecular complexity index is 1340.